The normalized spacial score (nSPS) is 24.9. The summed E-state index contributed by atoms with van der Waals surface area (Å²) >= 11 is 3.08. The Balaban J connectivity index is 2.10. The third-order valence-corrected chi connectivity index (χ3v) is 1.90. The van der Waals surface area contributed by atoms with Crippen molar-refractivity contribution in [2.24, 2.45) is 5.92 Å². The molecule has 0 radical (unpaired) electrons. The van der Waals surface area contributed by atoms with Crippen LogP contribution >= 0.6 is 15.9 Å². The summed E-state index contributed by atoms with van der Waals surface area (Å²) < 4.78 is 12.3. The zero-order chi connectivity index (χ0) is 5.28. The van der Waals surface area contributed by atoms with Crippen molar-refractivity contribution in [1.29, 1.82) is 0 Å². The monoisotopic (exact) mass is 166 g/mol. The Hall–Kier alpha value is 0.410. The second-order valence-corrected chi connectivity index (χ2v) is 2.66. The third kappa shape index (κ3) is 1.41. The van der Waals surface area contributed by atoms with Crippen LogP contribution in [-0.4, -0.2) is 11.5 Å². The summed E-state index contributed by atoms with van der Waals surface area (Å²) in [5, 5.41) is 0.525. The smallest absolute Gasteiger partial charge is 0.113 e. The molecule has 42 valence electrons. The Labute approximate surface area is 51.2 Å². The predicted octanol–water partition coefficient (Wildman–Crippen LogP) is 2.13. The van der Waals surface area contributed by atoms with E-state index in [0.29, 0.717) is 11.2 Å². The SMILES string of the molecule is FC(CBr)C1CC1. The van der Waals surface area contributed by atoms with Crippen LogP contribution < -0.4 is 0 Å². The van der Waals surface area contributed by atoms with Crippen LogP contribution in [0.3, 0.4) is 0 Å². The topological polar surface area (TPSA) is 0 Å². The van der Waals surface area contributed by atoms with Crippen LogP contribution in [0.4, 0.5) is 4.39 Å². The van der Waals surface area contributed by atoms with E-state index in [0.717, 1.165) is 12.8 Å². The van der Waals surface area contributed by atoms with Gasteiger partial charge in [0.05, 0.1) is 0 Å². The molecule has 0 bridgehead atoms. The van der Waals surface area contributed by atoms with Gasteiger partial charge in [-0.3, -0.25) is 0 Å². The summed E-state index contributed by atoms with van der Waals surface area (Å²) in [5.74, 6) is 0.402. The first-order chi connectivity index (χ1) is 3.34. The first kappa shape index (κ1) is 5.54. The van der Waals surface area contributed by atoms with E-state index in [1.807, 2.05) is 0 Å². The molecule has 1 rings (SSSR count). The summed E-state index contributed by atoms with van der Waals surface area (Å²) in [6.07, 6.45) is 1.64. The molecule has 0 heterocycles. The molecule has 0 aromatic heterocycles. The van der Waals surface area contributed by atoms with Crippen molar-refractivity contribution in [2.75, 3.05) is 5.33 Å². The molecule has 0 aromatic carbocycles. The van der Waals surface area contributed by atoms with Crippen LogP contribution in [-0.2, 0) is 0 Å². The van der Waals surface area contributed by atoms with Crippen LogP contribution in [0, 0.1) is 5.92 Å². The Kier molecular flexibility index (Phi) is 1.68. The van der Waals surface area contributed by atoms with E-state index in [4.69, 9.17) is 0 Å². The van der Waals surface area contributed by atoms with Gasteiger partial charge >= 0.3 is 0 Å². The average molecular weight is 167 g/mol. The average Bonchev–Trinajstić information content (AvgIpc) is 2.44. The van der Waals surface area contributed by atoms with Crippen molar-refractivity contribution in [2.45, 2.75) is 19.0 Å². The molecule has 1 saturated carbocycles. The van der Waals surface area contributed by atoms with Crippen molar-refractivity contribution in [3.8, 4) is 0 Å². The van der Waals surface area contributed by atoms with Gasteiger partial charge in [-0.1, -0.05) is 15.9 Å². The predicted molar refractivity (Wildman–Crippen MR) is 31.4 cm³/mol. The van der Waals surface area contributed by atoms with Crippen LogP contribution in [0.2, 0.25) is 0 Å². The van der Waals surface area contributed by atoms with Gasteiger partial charge in [0.1, 0.15) is 6.17 Å². The van der Waals surface area contributed by atoms with E-state index in [-0.39, 0.29) is 0 Å². The Morgan fingerprint density at radius 3 is 2.43 bits per heavy atom. The Morgan fingerprint density at radius 2 is 2.29 bits per heavy atom. The summed E-state index contributed by atoms with van der Waals surface area (Å²) in [7, 11) is 0. The van der Waals surface area contributed by atoms with Gasteiger partial charge < -0.3 is 0 Å². The highest BCUT2D eigenvalue weighted by Gasteiger charge is 2.29. The fraction of sp³-hybridized carbons (Fsp3) is 1.00. The zero-order valence-corrected chi connectivity index (χ0v) is 5.62. The molecule has 1 unspecified atom stereocenters. The lowest BCUT2D eigenvalue weighted by Gasteiger charge is -1.95. The van der Waals surface area contributed by atoms with Gasteiger partial charge in [-0.25, -0.2) is 4.39 Å². The van der Waals surface area contributed by atoms with Gasteiger partial charge in [-0.2, -0.15) is 0 Å². The highest BCUT2D eigenvalue weighted by Crippen LogP contribution is 2.34. The van der Waals surface area contributed by atoms with Gasteiger partial charge in [0.15, 0.2) is 0 Å². The largest absolute Gasteiger partial charge is 0.246 e. The van der Waals surface area contributed by atoms with E-state index in [1.165, 1.54) is 0 Å². The Morgan fingerprint density at radius 1 is 1.71 bits per heavy atom. The maximum absolute atomic E-state index is 12.3. The highest BCUT2D eigenvalue weighted by molar-refractivity contribution is 9.09. The zero-order valence-electron chi connectivity index (χ0n) is 4.03. The minimum atomic E-state index is -0.569. The standard InChI is InChI=1S/C5H8BrF/c6-3-5(7)4-1-2-4/h4-5H,1-3H2. The summed E-state index contributed by atoms with van der Waals surface area (Å²) in [6, 6.07) is 0. The summed E-state index contributed by atoms with van der Waals surface area (Å²) in [6.45, 7) is 0. The maximum atomic E-state index is 12.3. The molecule has 0 aromatic rings. The molecule has 2 heteroatoms. The van der Waals surface area contributed by atoms with Crippen LogP contribution in [0.15, 0.2) is 0 Å². The van der Waals surface area contributed by atoms with Gasteiger partial charge in [0, 0.05) is 5.33 Å². The molecule has 7 heavy (non-hydrogen) atoms. The minimum absolute atomic E-state index is 0.402. The van der Waals surface area contributed by atoms with Gasteiger partial charge in [0.25, 0.3) is 0 Å². The number of halogens is 2. The molecule has 1 atom stereocenters. The molecule has 0 saturated heterocycles. The van der Waals surface area contributed by atoms with E-state index < -0.39 is 6.17 Å². The third-order valence-electron chi connectivity index (χ3n) is 1.28. The number of hydrogen-bond donors (Lipinski definition) is 0. The quantitative estimate of drug-likeness (QED) is 0.552. The summed E-state index contributed by atoms with van der Waals surface area (Å²) in [5.41, 5.74) is 0. The molecule has 0 spiro atoms. The first-order valence-electron chi connectivity index (χ1n) is 2.54. The molecule has 0 N–H and O–H groups in total. The first-order valence-corrected chi connectivity index (χ1v) is 3.67. The van der Waals surface area contributed by atoms with Crippen molar-refractivity contribution < 1.29 is 4.39 Å². The lowest BCUT2D eigenvalue weighted by molar-refractivity contribution is 0.332. The Bertz CT molecular complexity index is 61.1. The number of rotatable bonds is 2. The van der Waals surface area contributed by atoms with Crippen LogP contribution in [0.5, 0.6) is 0 Å². The van der Waals surface area contributed by atoms with Crippen molar-refractivity contribution in [3.63, 3.8) is 0 Å². The van der Waals surface area contributed by atoms with Crippen LogP contribution in [0.1, 0.15) is 12.8 Å². The second-order valence-electron chi connectivity index (χ2n) is 2.01. The van der Waals surface area contributed by atoms with Crippen molar-refractivity contribution in [3.05, 3.63) is 0 Å². The maximum Gasteiger partial charge on any atom is 0.113 e. The van der Waals surface area contributed by atoms with Gasteiger partial charge in [-0.05, 0) is 18.8 Å². The van der Waals surface area contributed by atoms with E-state index >= 15 is 0 Å². The molecule has 0 amide bonds. The van der Waals surface area contributed by atoms with Crippen LogP contribution in [0.25, 0.3) is 0 Å². The van der Waals surface area contributed by atoms with Crippen molar-refractivity contribution in [1.82, 2.24) is 0 Å². The lowest BCUT2D eigenvalue weighted by Crippen LogP contribution is -2.02. The molecular weight excluding hydrogens is 159 g/mol. The molecular formula is C5H8BrF. The molecule has 0 nitrogen and oxygen atoms in total. The fourth-order valence-electron chi connectivity index (χ4n) is 0.584. The molecule has 1 aliphatic carbocycles. The molecule has 1 aliphatic rings. The highest BCUT2D eigenvalue weighted by atomic mass is 79.9. The summed E-state index contributed by atoms with van der Waals surface area (Å²) in [4.78, 5) is 0. The van der Waals surface area contributed by atoms with E-state index in [1.54, 1.807) is 0 Å². The van der Waals surface area contributed by atoms with Gasteiger partial charge in [-0.15, -0.1) is 0 Å². The molecule has 0 aliphatic heterocycles. The number of alkyl halides is 2. The molecule has 1 fully saturated rings. The van der Waals surface area contributed by atoms with E-state index in [9.17, 15) is 4.39 Å². The lowest BCUT2D eigenvalue weighted by atomic mass is 10.3. The number of hydrogen-bond acceptors (Lipinski definition) is 0. The fourth-order valence-corrected chi connectivity index (χ4v) is 1.11. The van der Waals surface area contributed by atoms with Crippen molar-refractivity contribution >= 4 is 15.9 Å². The van der Waals surface area contributed by atoms with E-state index in [2.05, 4.69) is 15.9 Å². The minimum Gasteiger partial charge on any atom is -0.246 e. The van der Waals surface area contributed by atoms with Gasteiger partial charge in [0.2, 0.25) is 0 Å². The second kappa shape index (κ2) is 2.12.